The molecule has 0 unspecified atom stereocenters. The molecule has 0 saturated carbocycles. The number of carboxylic acids is 1. The third-order valence-corrected chi connectivity index (χ3v) is 6.88. The largest absolute Gasteiger partial charge is 1.00 e. The molecule has 1 aliphatic heterocycles. The number of hydrogen-bond donors (Lipinski definition) is 1. The average Bonchev–Trinajstić information content (AvgIpc) is 3.18. The van der Waals surface area contributed by atoms with Gasteiger partial charge in [-0.2, -0.15) is 0 Å². The van der Waals surface area contributed by atoms with E-state index in [4.69, 9.17) is 0 Å². The van der Waals surface area contributed by atoms with Crippen molar-refractivity contribution in [3.05, 3.63) is 38.2 Å². The minimum Gasteiger partial charge on any atom is 1.00 e. The van der Waals surface area contributed by atoms with Crippen LogP contribution >= 0.6 is 0 Å². The molecule has 3 aromatic rings. The van der Waals surface area contributed by atoms with Gasteiger partial charge in [0, 0.05) is 0 Å². The third-order valence-electron chi connectivity index (χ3n) is 3.16. The van der Waals surface area contributed by atoms with Crippen molar-refractivity contribution in [3.63, 3.8) is 0 Å². The van der Waals surface area contributed by atoms with Crippen LogP contribution < -0.4 is 34.7 Å². The summed E-state index contributed by atoms with van der Waals surface area (Å²) in [7, 11) is 0. The molecule has 1 N–H and O–H groups in total. The van der Waals surface area contributed by atoms with E-state index in [-0.39, 0.29) is 41.1 Å². The van der Waals surface area contributed by atoms with Gasteiger partial charge in [-0.3, -0.25) is 0 Å². The maximum atomic E-state index is 10.9. The van der Waals surface area contributed by atoms with Crippen molar-refractivity contribution in [2.75, 3.05) is 0 Å². The summed E-state index contributed by atoms with van der Waals surface area (Å²) in [5.41, 5.74) is 2.89. The Morgan fingerprint density at radius 3 is 2.61 bits per heavy atom. The number of aliphatic imine (C=N–C) groups is 1. The van der Waals surface area contributed by atoms with Crippen molar-refractivity contribution in [3.8, 4) is 0 Å². The van der Waals surface area contributed by atoms with Gasteiger partial charge in [0.15, 0.2) is 0 Å². The van der Waals surface area contributed by atoms with Crippen LogP contribution in [-0.4, -0.2) is 51.5 Å². The van der Waals surface area contributed by atoms with Crippen LogP contribution in [0.3, 0.4) is 0 Å². The summed E-state index contributed by atoms with van der Waals surface area (Å²) in [5.74, 6) is -1.02. The number of ketones is 1. The van der Waals surface area contributed by atoms with E-state index in [1.165, 1.54) is 4.26 Å². The monoisotopic (exact) mass is 450 g/mol. The molecule has 4 rings (SSSR count). The van der Waals surface area contributed by atoms with Crippen LogP contribution in [-0.2, 0) is 11.2 Å². The molecule has 0 spiro atoms. The molecule has 1 aliphatic rings. The molecule has 8 heteroatoms. The minimum absolute atomic E-state index is 0. The SMILES string of the molecule is CC(=O)c1cc2[se]ccc2[nH]1.O=C([O-])C1=Nc2cc[se]c2C1.[Na+]. The molecule has 23 heavy (non-hydrogen) atoms. The minimum atomic E-state index is -1.14. The zero-order chi connectivity index (χ0) is 15.7. The second-order valence-electron chi connectivity index (χ2n) is 4.69. The van der Waals surface area contributed by atoms with E-state index in [9.17, 15) is 14.7 Å². The van der Waals surface area contributed by atoms with Crippen LogP contribution in [0.15, 0.2) is 33.1 Å². The topological polar surface area (TPSA) is 85.3 Å². The van der Waals surface area contributed by atoms with Gasteiger partial charge >= 0.3 is 168 Å². The zero-order valence-electron chi connectivity index (χ0n) is 12.6. The Kier molecular flexibility index (Phi) is 6.46. The average molecular weight is 448 g/mol. The Bertz CT molecular complexity index is 863. The molecular formula is C15H11N2NaO3Se2. The van der Waals surface area contributed by atoms with Gasteiger partial charge in [-0.05, 0) is 0 Å². The van der Waals surface area contributed by atoms with Gasteiger partial charge in [-0.15, -0.1) is 0 Å². The normalized spacial score (nSPS) is 12.0. The van der Waals surface area contributed by atoms with Crippen LogP contribution in [0.2, 0.25) is 0 Å². The van der Waals surface area contributed by atoms with Crippen LogP contribution in [0, 0.1) is 0 Å². The first-order valence-electron chi connectivity index (χ1n) is 6.47. The fourth-order valence-corrected chi connectivity index (χ4v) is 5.41. The molecule has 0 aromatic carbocycles. The van der Waals surface area contributed by atoms with E-state index in [0.29, 0.717) is 35.4 Å². The van der Waals surface area contributed by atoms with Crippen molar-refractivity contribution in [2.24, 2.45) is 4.99 Å². The third kappa shape index (κ3) is 4.25. The van der Waals surface area contributed by atoms with Crippen LogP contribution in [0.4, 0.5) is 5.69 Å². The number of nitrogens with one attached hydrogen (secondary N) is 1. The van der Waals surface area contributed by atoms with Crippen molar-refractivity contribution in [1.82, 2.24) is 4.98 Å². The van der Waals surface area contributed by atoms with E-state index in [1.54, 1.807) is 6.92 Å². The number of H-pyrrole nitrogens is 1. The van der Waals surface area contributed by atoms with Gasteiger partial charge in [-0.25, -0.2) is 0 Å². The summed E-state index contributed by atoms with van der Waals surface area (Å²) in [6.07, 6.45) is 0.491. The van der Waals surface area contributed by atoms with Gasteiger partial charge in [0.1, 0.15) is 0 Å². The van der Waals surface area contributed by atoms with E-state index in [2.05, 4.69) is 14.9 Å². The van der Waals surface area contributed by atoms with Gasteiger partial charge in [0.25, 0.3) is 0 Å². The quantitative estimate of drug-likeness (QED) is 0.349. The molecule has 0 saturated heterocycles. The Labute approximate surface area is 166 Å². The maximum absolute atomic E-state index is 10.9. The molecule has 4 heterocycles. The first-order chi connectivity index (χ1) is 10.5. The summed E-state index contributed by atoms with van der Waals surface area (Å²) < 4.78 is 2.46. The number of aromatic nitrogens is 1. The van der Waals surface area contributed by atoms with E-state index in [0.717, 1.165) is 21.3 Å². The molecule has 112 valence electrons. The summed E-state index contributed by atoms with van der Waals surface area (Å²) in [6.45, 7) is 1.58. The summed E-state index contributed by atoms with van der Waals surface area (Å²) in [4.78, 5) is 32.4. The number of carbonyl (C=O) groups is 2. The Morgan fingerprint density at radius 2 is 2.00 bits per heavy atom. The number of fused-ring (bicyclic) bond motifs is 2. The number of rotatable bonds is 2. The van der Waals surface area contributed by atoms with Crippen LogP contribution in [0.5, 0.6) is 0 Å². The molecule has 0 radical (unpaired) electrons. The Balaban J connectivity index is 0.000000160. The second kappa shape index (κ2) is 7.95. The number of aromatic amines is 1. The molecule has 0 fully saturated rings. The van der Waals surface area contributed by atoms with E-state index in [1.807, 2.05) is 23.1 Å². The van der Waals surface area contributed by atoms with Crippen molar-refractivity contribution in [2.45, 2.75) is 13.3 Å². The first-order valence-corrected chi connectivity index (χ1v) is 10.2. The van der Waals surface area contributed by atoms with Crippen molar-refractivity contribution < 1.29 is 44.3 Å². The van der Waals surface area contributed by atoms with Gasteiger partial charge < -0.3 is 0 Å². The summed E-state index contributed by atoms with van der Waals surface area (Å²) in [6, 6.07) is 5.88. The molecule has 3 aromatic heterocycles. The number of hydrogen-bond acceptors (Lipinski definition) is 4. The predicted molar refractivity (Wildman–Crippen MR) is 84.4 cm³/mol. The van der Waals surface area contributed by atoms with Crippen molar-refractivity contribution >= 4 is 61.9 Å². The number of nitrogens with zero attached hydrogens (tertiary/aromatic N) is 1. The molecular weight excluding hydrogens is 437 g/mol. The molecule has 0 amide bonds. The summed E-state index contributed by atoms with van der Waals surface area (Å²) in [5, 5.41) is 10.3. The second-order valence-corrected chi connectivity index (χ2v) is 8.78. The molecule has 0 atom stereocenters. The molecule has 5 nitrogen and oxygen atoms in total. The molecule has 0 aliphatic carbocycles. The summed E-state index contributed by atoms with van der Waals surface area (Å²) >= 11 is 0.773. The van der Waals surface area contributed by atoms with Gasteiger partial charge in [-0.1, -0.05) is 0 Å². The van der Waals surface area contributed by atoms with E-state index < -0.39 is 5.97 Å². The van der Waals surface area contributed by atoms with Gasteiger partial charge in [0.05, 0.1) is 0 Å². The zero-order valence-corrected chi connectivity index (χ0v) is 18.0. The van der Waals surface area contributed by atoms with E-state index >= 15 is 0 Å². The molecule has 0 bridgehead atoms. The standard InChI is InChI=1S/C8H7NOSe.C7H5NO2Se.Na/c1-5(10)7-4-8-6(9-7)2-3-11-8;9-7(10)5-3-6-4(8-5)1-2-11-6;/h2-4,9H,1H3;1-2H,3H2,(H,9,10);/q;;+1/p-1. The first kappa shape index (κ1) is 18.7. The Hall–Kier alpha value is -0.651. The Morgan fingerprint density at radius 1 is 1.26 bits per heavy atom. The fraction of sp³-hybridized carbons (Fsp3) is 0.133. The number of Topliss-reactive ketones (excluding diaryl/α,β-unsaturated/α-hetero) is 1. The number of carbonyl (C=O) groups excluding carboxylic acids is 2. The maximum Gasteiger partial charge on any atom is 1.00 e. The van der Waals surface area contributed by atoms with Gasteiger partial charge in [0.2, 0.25) is 0 Å². The smallest absolute Gasteiger partial charge is 1.00 e. The van der Waals surface area contributed by atoms with Crippen molar-refractivity contribution in [1.29, 1.82) is 0 Å². The number of carboxylic acid groups (broad SMARTS) is 1. The fourth-order valence-electron chi connectivity index (χ4n) is 2.06. The predicted octanol–water partition coefficient (Wildman–Crippen LogP) is -2.45. The van der Waals surface area contributed by atoms with Crippen LogP contribution in [0.25, 0.3) is 9.78 Å². The van der Waals surface area contributed by atoms with Crippen LogP contribution in [0.1, 0.15) is 21.8 Å². The number of aliphatic carboxylic acids is 1.